The molecular weight excluding hydrogens is 476 g/mol. The van der Waals surface area contributed by atoms with Gasteiger partial charge in [0.25, 0.3) is 0 Å². The summed E-state index contributed by atoms with van der Waals surface area (Å²) < 4.78 is 10.8. The van der Waals surface area contributed by atoms with Crippen LogP contribution >= 0.6 is 0 Å². The number of hydrogen-bond acceptors (Lipinski definition) is 5. The van der Waals surface area contributed by atoms with E-state index in [1.807, 2.05) is 52.0 Å². The van der Waals surface area contributed by atoms with Gasteiger partial charge >= 0.3 is 11.9 Å². The topological polar surface area (TPSA) is 69.7 Å². The number of esters is 2. The molecule has 0 saturated carbocycles. The lowest BCUT2D eigenvalue weighted by molar-refractivity contribution is -0.150. The van der Waals surface area contributed by atoms with E-state index in [2.05, 4.69) is 32.6 Å². The quantitative estimate of drug-likeness (QED) is 0.0812. The number of unbranched alkanes of at least 4 members (excludes halogenated alkanes) is 2. The smallest absolute Gasteiger partial charge is 0.306 e. The summed E-state index contributed by atoms with van der Waals surface area (Å²) in [5, 5.41) is 0. The fraction of sp³-hybridized carbons (Fsp3) is 0.606. The van der Waals surface area contributed by atoms with Gasteiger partial charge < -0.3 is 9.47 Å². The van der Waals surface area contributed by atoms with E-state index in [0.717, 1.165) is 50.5 Å². The molecule has 5 nitrogen and oxygen atoms in total. The molecule has 0 spiro atoms. The van der Waals surface area contributed by atoms with Crippen molar-refractivity contribution in [3.8, 4) is 0 Å². The summed E-state index contributed by atoms with van der Waals surface area (Å²) in [5.41, 5.74) is 0.804. The third kappa shape index (κ3) is 21.4. The van der Waals surface area contributed by atoms with Gasteiger partial charge in [0.05, 0.1) is 0 Å². The lowest BCUT2D eigenvalue weighted by Gasteiger charge is -2.15. The summed E-state index contributed by atoms with van der Waals surface area (Å²) in [7, 11) is 0. The van der Waals surface area contributed by atoms with Crippen LogP contribution in [0.2, 0.25) is 0 Å². The summed E-state index contributed by atoms with van der Waals surface area (Å²) >= 11 is 0. The molecule has 1 rings (SSSR count). The minimum Gasteiger partial charge on any atom is -0.462 e. The molecule has 2 unspecified atom stereocenters. The van der Waals surface area contributed by atoms with E-state index < -0.39 is 0 Å². The average molecular weight is 531 g/mol. The van der Waals surface area contributed by atoms with Crippen LogP contribution in [0.1, 0.15) is 119 Å². The van der Waals surface area contributed by atoms with Gasteiger partial charge in [-0.25, -0.2) is 0 Å². The lowest BCUT2D eigenvalue weighted by atomic mass is 10.1. The van der Waals surface area contributed by atoms with Crippen molar-refractivity contribution in [3.63, 3.8) is 0 Å². The highest BCUT2D eigenvalue weighted by Crippen LogP contribution is 2.17. The SMILES string of the molecule is C/C=C\CCCC(=O)OC(C/C=C\CC)C/C=C1\CC=CC1=O.C=CCC(CC)OC(=O)CCCC.CC. The van der Waals surface area contributed by atoms with Gasteiger partial charge in [-0.1, -0.05) is 83.6 Å². The second kappa shape index (κ2) is 27.3. The van der Waals surface area contributed by atoms with E-state index in [1.165, 1.54) is 0 Å². The number of ketones is 1. The van der Waals surface area contributed by atoms with Crippen molar-refractivity contribution in [2.45, 2.75) is 131 Å². The lowest BCUT2D eigenvalue weighted by Crippen LogP contribution is -2.17. The summed E-state index contributed by atoms with van der Waals surface area (Å²) in [6, 6.07) is 0. The zero-order chi connectivity index (χ0) is 29.0. The van der Waals surface area contributed by atoms with Crippen LogP contribution in [-0.4, -0.2) is 29.9 Å². The second-order valence-electron chi connectivity index (χ2n) is 8.77. The standard InChI is InChI=1S/C20H28O3.C11H20O2.C2H6/c1-3-5-7-9-14-20(22)23-18(12-8-6-4-2)16-15-17-11-10-13-19(17)21;1-4-7-9-11(12)13-10(6-3)8-5-2;1-2/h3,5-6,8,10,13,15,18H,4,7,9,11-12,14,16H2,1-2H3;5,10H,2,4,6-9H2,1,3H3;1-2H3/b5-3-,8-6-,17-15+;;. The van der Waals surface area contributed by atoms with Gasteiger partial charge in [0, 0.05) is 32.1 Å². The van der Waals surface area contributed by atoms with Crippen molar-refractivity contribution in [1.82, 2.24) is 0 Å². The van der Waals surface area contributed by atoms with Crippen LogP contribution in [0.25, 0.3) is 0 Å². The molecule has 5 heteroatoms. The highest BCUT2D eigenvalue weighted by Gasteiger charge is 2.15. The fourth-order valence-electron chi connectivity index (χ4n) is 3.39. The summed E-state index contributed by atoms with van der Waals surface area (Å²) in [4.78, 5) is 34.7. The maximum absolute atomic E-state index is 11.9. The van der Waals surface area contributed by atoms with Gasteiger partial charge in [-0.05, 0) is 57.1 Å². The Hall–Kier alpha value is -2.69. The first kappa shape index (κ1) is 37.5. The van der Waals surface area contributed by atoms with Gasteiger partial charge in [0.15, 0.2) is 5.78 Å². The first-order valence-electron chi connectivity index (χ1n) is 14.6. The molecule has 1 aliphatic rings. The Bertz CT molecular complexity index is 757. The van der Waals surface area contributed by atoms with Crippen molar-refractivity contribution in [3.05, 3.63) is 60.8 Å². The molecule has 0 radical (unpaired) electrons. The Morgan fingerprint density at radius 3 is 2.13 bits per heavy atom. The van der Waals surface area contributed by atoms with E-state index in [9.17, 15) is 14.4 Å². The van der Waals surface area contributed by atoms with Crippen LogP contribution in [-0.2, 0) is 23.9 Å². The predicted octanol–water partition coefficient (Wildman–Crippen LogP) is 8.95. The van der Waals surface area contributed by atoms with Crippen LogP contribution in [0.3, 0.4) is 0 Å². The normalized spacial score (nSPS) is 15.0. The summed E-state index contributed by atoms with van der Waals surface area (Å²) in [6.45, 7) is 15.8. The molecule has 0 aromatic carbocycles. The summed E-state index contributed by atoms with van der Waals surface area (Å²) in [5.74, 6) is -0.153. The fourth-order valence-corrected chi connectivity index (χ4v) is 3.39. The van der Waals surface area contributed by atoms with Crippen molar-refractivity contribution >= 4 is 17.7 Å². The van der Waals surface area contributed by atoms with E-state index >= 15 is 0 Å². The zero-order valence-corrected chi connectivity index (χ0v) is 25.0. The summed E-state index contributed by atoms with van der Waals surface area (Å²) in [6.07, 6.45) is 24.4. The zero-order valence-electron chi connectivity index (χ0n) is 25.0. The van der Waals surface area contributed by atoms with E-state index in [4.69, 9.17) is 9.47 Å². The Morgan fingerprint density at radius 2 is 1.61 bits per heavy atom. The van der Waals surface area contributed by atoms with Gasteiger partial charge in [0.1, 0.15) is 12.2 Å². The number of ether oxygens (including phenoxy) is 2. The largest absolute Gasteiger partial charge is 0.462 e. The van der Waals surface area contributed by atoms with Crippen molar-refractivity contribution in [2.24, 2.45) is 0 Å². The molecule has 0 aromatic rings. The molecule has 0 N–H and O–H groups in total. The predicted molar refractivity (Wildman–Crippen MR) is 160 cm³/mol. The Morgan fingerprint density at radius 1 is 0.947 bits per heavy atom. The maximum atomic E-state index is 11.9. The molecule has 0 aliphatic heterocycles. The number of hydrogen-bond donors (Lipinski definition) is 0. The van der Waals surface area contributed by atoms with Crippen molar-refractivity contribution < 1.29 is 23.9 Å². The Kier molecular flexibility index (Phi) is 27.0. The van der Waals surface area contributed by atoms with Crippen LogP contribution in [0.15, 0.2) is 60.8 Å². The molecule has 0 saturated heterocycles. The monoisotopic (exact) mass is 530 g/mol. The first-order chi connectivity index (χ1) is 18.4. The van der Waals surface area contributed by atoms with Crippen LogP contribution < -0.4 is 0 Å². The minimum atomic E-state index is -0.187. The molecule has 38 heavy (non-hydrogen) atoms. The first-order valence-corrected chi connectivity index (χ1v) is 14.6. The molecule has 216 valence electrons. The molecule has 0 aromatic heterocycles. The third-order valence-corrected chi connectivity index (χ3v) is 5.55. The molecule has 0 bridgehead atoms. The van der Waals surface area contributed by atoms with Gasteiger partial charge in [-0.3, -0.25) is 14.4 Å². The number of allylic oxidation sites excluding steroid dienone is 6. The van der Waals surface area contributed by atoms with Crippen molar-refractivity contribution in [2.75, 3.05) is 0 Å². The maximum Gasteiger partial charge on any atom is 0.306 e. The number of rotatable bonds is 17. The average Bonchev–Trinajstić information content (AvgIpc) is 3.34. The number of carbonyl (C=O) groups excluding carboxylic acids is 3. The molecule has 1 aliphatic carbocycles. The van der Waals surface area contributed by atoms with Crippen LogP contribution in [0.5, 0.6) is 0 Å². The van der Waals surface area contributed by atoms with Gasteiger partial charge in [-0.15, -0.1) is 6.58 Å². The second-order valence-corrected chi connectivity index (χ2v) is 8.77. The van der Waals surface area contributed by atoms with Gasteiger partial charge in [-0.2, -0.15) is 0 Å². The van der Waals surface area contributed by atoms with Crippen LogP contribution in [0, 0.1) is 0 Å². The van der Waals surface area contributed by atoms with Gasteiger partial charge in [0.2, 0.25) is 0 Å². The molecule has 0 fully saturated rings. The number of carbonyl (C=O) groups is 3. The Labute approximate surface area is 233 Å². The van der Waals surface area contributed by atoms with Crippen molar-refractivity contribution in [1.29, 1.82) is 0 Å². The highest BCUT2D eigenvalue weighted by molar-refractivity contribution is 6.06. The molecular formula is C33H54O5. The molecule has 0 heterocycles. The van der Waals surface area contributed by atoms with Crippen LogP contribution in [0.4, 0.5) is 0 Å². The van der Waals surface area contributed by atoms with E-state index in [1.54, 1.807) is 12.2 Å². The minimum absolute atomic E-state index is 0.0295. The molecule has 2 atom stereocenters. The highest BCUT2D eigenvalue weighted by atomic mass is 16.5. The third-order valence-electron chi connectivity index (χ3n) is 5.55. The van der Waals surface area contributed by atoms with E-state index in [-0.39, 0.29) is 29.9 Å². The Balaban J connectivity index is 0. The van der Waals surface area contributed by atoms with E-state index in [0.29, 0.717) is 32.1 Å². The molecule has 0 amide bonds.